The first-order valence-corrected chi connectivity index (χ1v) is 8.24. The predicted molar refractivity (Wildman–Crippen MR) is 100 cm³/mol. The summed E-state index contributed by atoms with van der Waals surface area (Å²) in [6.45, 7) is 3.55. The highest BCUT2D eigenvalue weighted by Crippen LogP contribution is 2.22. The number of nitrogens with zero attached hydrogens (tertiary/aromatic N) is 1. The molecular weight excluding hydrogens is 338 g/mol. The molecule has 3 aromatic rings. The first-order valence-electron chi connectivity index (χ1n) is 7.86. The summed E-state index contributed by atoms with van der Waals surface area (Å²) in [5.74, 6) is 0.258. The summed E-state index contributed by atoms with van der Waals surface area (Å²) in [6.07, 6.45) is 2.77. The van der Waals surface area contributed by atoms with Gasteiger partial charge in [0.05, 0.1) is 6.21 Å². The van der Waals surface area contributed by atoms with Gasteiger partial charge < -0.3 is 9.72 Å². The summed E-state index contributed by atoms with van der Waals surface area (Å²) in [7, 11) is 0. The van der Waals surface area contributed by atoms with Gasteiger partial charge in [-0.05, 0) is 43.7 Å². The molecule has 0 aliphatic rings. The Morgan fingerprint density at radius 2 is 2.12 bits per heavy atom. The highest BCUT2D eigenvalue weighted by molar-refractivity contribution is 6.31. The fraction of sp³-hybridized carbons (Fsp3) is 0.158. The topological polar surface area (TPSA) is 66.5 Å². The second kappa shape index (κ2) is 7.40. The third kappa shape index (κ3) is 4.00. The molecular formula is C19H18ClN3O2. The summed E-state index contributed by atoms with van der Waals surface area (Å²) < 4.78 is 5.62. The van der Waals surface area contributed by atoms with E-state index in [2.05, 4.69) is 15.5 Å². The predicted octanol–water partition coefficient (Wildman–Crippen LogP) is 4.05. The number of aryl methyl sites for hydroxylation is 1. The van der Waals surface area contributed by atoms with Gasteiger partial charge in [-0.1, -0.05) is 29.8 Å². The zero-order chi connectivity index (χ0) is 17.8. The van der Waals surface area contributed by atoms with E-state index in [0.717, 1.165) is 22.0 Å². The van der Waals surface area contributed by atoms with E-state index >= 15 is 0 Å². The van der Waals surface area contributed by atoms with Crippen LogP contribution in [0.4, 0.5) is 0 Å². The number of hydrogen-bond donors (Lipinski definition) is 2. The van der Waals surface area contributed by atoms with Crippen LogP contribution in [0, 0.1) is 6.92 Å². The van der Waals surface area contributed by atoms with E-state index < -0.39 is 6.10 Å². The Morgan fingerprint density at radius 3 is 2.92 bits per heavy atom. The number of hydrazone groups is 1. The van der Waals surface area contributed by atoms with Gasteiger partial charge in [0.25, 0.3) is 5.91 Å². The van der Waals surface area contributed by atoms with E-state index in [1.54, 1.807) is 31.3 Å². The molecule has 1 heterocycles. The lowest BCUT2D eigenvalue weighted by Crippen LogP contribution is -2.33. The minimum atomic E-state index is -0.680. The van der Waals surface area contributed by atoms with E-state index in [4.69, 9.17) is 16.3 Å². The average molecular weight is 356 g/mol. The Kier molecular flexibility index (Phi) is 5.05. The Morgan fingerprint density at radius 1 is 1.32 bits per heavy atom. The second-order valence-corrected chi connectivity index (χ2v) is 6.10. The van der Waals surface area contributed by atoms with Crippen LogP contribution >= 0.6 is 11.6 Å². The third-order valence-corrected chi connectivity index (χ3v) is 4.24. The molecule has 0 fully saturated rings. The molecule has 0 saturated carbocycles. The van der Waals surface area contributed by atoms with Gasteiger partial charge in [-0.2, -0.15) is 5.10 Å². The van der Waals surface area contributed by atoms with E-state index in [-0.39, 0.29) is 5.91 Å². The van der Waals surface area contributed by atoms with Crippen molar-refractivity contribution in [2.24, 2.45) is 5.10 Å². The number of benzene rings is 2. The number of hydrogen-bond acceptors (Lipinski definition) is 3. The fourth-order valence-electron chi connectivity index (χ4n) is 2.41. The van der Waals surface area contributed by atoms with E-state index in [1.807, 2.05) is 37.4 Å². The number of carbonyl (C=O) groups is 1. The molecule has 6 heteroatoms. The van der Waals surface area contributed by atoms with Gasteiger partial charge in [-0.25, -0.2) is 5.43 Å². The van der Waals surface area contributed by atoms with E-state index in [9.17, 15) is 4.79 Å². The number of carbonyl (C=O) groups excluding carboxylic acids is 1. The number of fused-ring (bicyclic) bond motifs is 1. The fourth-order valence-corrected chi connectivity index (χ4v) is 2.52. The maximum absolute atomic E-state index is 12.1. The summed E-state index contributed by atoms with van der Waals surface area (Å²) >= 11 is 5.98. The van der Waals surface area contributed by atoms with Crippen LogP contribution < -0.4 is 10.2 Å². The molecule has 128 valence electrons. The number of nitrogens with one attached hydrogen (secondary N) is 2. The van der Waals surface area contributed by atoms with Crippen molar-refractivity contribution in [3.05, 3.63) is 64.8 Å². The molecule has 3 rings (SSSR count). The molecule has 0 bridgehead atoms. The largest absolute Gasteiger partial charge is 0.481 e. The second-order valence-electron chi connectivity index (χ2n) is 5.69. The van der Waals surface area contributed by atoms with E-state index in [1.165, 1.54) is 0 Å². The van der Waals surface area contributed by atoms with Gasteiger partial charge in [0, 0.05) is 27.7 Å². The van der Waals surface area contributed by atoms with Crippen molar-refractivity contribution in [3.8, 4) is 5.75 Å². The molecule has 0 aliphatic heterocycles. The Balaban J connectivity index is 1.60. The molecule has 5 nitrogen and oxygen atoms in total. The number of halogens is 1. The lowest BCUT2D eigenvalue weighted by molar-refractivity contribution is -0.127. The summed E-state index contributed by atoms with van der Waals surface area (Å²) in [5.41, 5.74) is 5.31. The van der Waals surface area contributed by atoms with Crippen LogP contribution in [0.1, 0.15) is 18.1 Å². The van der Waals surface area contributed by atoms with Crippen LogP contribution in [-0.4, -0.2) is 23.2 Å². The zero-order valence-electron chi connectivity index (χ0n) is 13.9. The molecule has 1 amide bonds. The lowest BCUT2D eigenvalue weighted by atomic mass is 10.2. The molecule has 2 N–H and O–H groups in total. The molecule has 1 aromatic heterocycles. The number of amides is 1. The van der Waals surface area contributed by atoms with Gasteiger partial charge in [0.1, 0.15) is 5.75 Å². The third-order valence-electron chi connectivity index (χ3n) is 3.81. The molecule has 0 saturated heterocycles. The van der Waals surface area contributed by atoms with Crippen molar-refractivity contribution in [1.82, 2.24) is 10.4 Å². The maximum Gasteiger partial charge on any atom is 0.280 e. The van der Waals surface area contributed by atoms with Crippen LogP contribution in [0.25, 0.3) is 10.9 Å². The van der Waals surface area contributed by atoms with Gasteiger partial charge in [-0.15, -0.1) is 0 Å². The molecule has 2 aromatic carbocycles. The van der Waals surface area contributed by atoms with Crippen LogP contribution in [-0.2, 0) is 4.79 Å². The number of aromatic amines is 1. The van der Waals surface area contributed by atoms with Crippen LogP contribution in [0.3, 0.4) is 0 Å². The number of ether oxygens (including phenoxy) is 1. The average Bonchev–Trinajstić information content (AvgIpc) is 3.01. The number of para-hydroxylation sites is 1. The lowest BCUT2D eigenvalue weighted by Gasteiger charge is -2.13. The highest BCUT2D eigenvalue weighted by atomic mass is 35.5. The molecule has 0 unspecified atom stereocenters. The number of rotatable bonds is 5. The maximum atomic E-state index is 12.1. The molecule has 0 aliphatic carbocycles. The van der Waals surface area contributed by atoms with Gasteiger partial charge in [0.2, 0.25) is 0 Å². The van der Waals surface area contributed by atoms with Crippen LogP contribution in [0.2, 0.25) is 5.02 Å². The van der Waals surface area contributed by atoms with Crippen molar-refractivity contribution in [1.29, 1.82) is 0 Å². The molecule has 25 heavy (non-hydrogen) atoms. The monoisotopic (exact) mass is 355 g/mol. The summed E-state index contributed by atoms with van der Waals surface area (Å²) in [6, 6.07) is 13.1. The molecule has 1 atom stereocenters. The van der Waals surface area contributed by atoms with Gasteiger partial charge in [0.15, 0.2) is 6.10 Å². The van der Waals surface area contributed by atoms with Crippen LogP contribution in [0.5, 0.6) is 5.75 Å². The van der Waals surface area contributed by atoms with Crippen molar-refractivity contribution in [3.63, 3.8) is 0 Å². The molecule has 0 radical (unpaired) electrons. The first-order chi connectivity index (χ1) is 12.0. The first kappa shape index (κ1) is 17.0. The summed E-state index contributed by atoms with van der Waals surface area (Å²) in [5, 5.41) is 5.72. The summed E-state index contributed by atoms with van der Waals surface area (Å²) in [4.78, 5) is 15.3. The standard InChI is InChI=1S/C19H18ClN3O2/c1-12-9-15(7-8-17(12)20)25-13(2)19(24)23-22-11-14-10-21-18-6-4-3-5-16(14)18/h3-11,13,21H,1-2H3,(H,23,24)/t13-/m1/s1. The Hall–Kier alpha value is -2.79. The van der Waals surface area contributed by atoms with E-state index in [0.29, 0.717) is 10.8 Å². The smallest absolute Gasteiger partial charge is 0.280 e. The molecule has 0 spiro atoms. The van der Waals surface area contributed by atoms with Crippen molar-refractivity contribution in [2.75, 3.05) is 0 Å². The van der Waals surface area contributed by atoms with Crippen molar-refractivity contribution < 1.29 is 9.53 Å². The number of aromatic nitrogens is 1. The quantitative estimate of drug-likeness (QED) is 0.535. The number of H-pyrrole nitrogens is 1. The van der Waals surface area contributed by atoms with Gasteiger partial charge in [-0.3, -0.25) is 4.79 Å². The SMILES string of the molecule is Cc1cc(O[C@H](C)C(=O)NN=Cc2c[nH]c3ccccc23)ccc1Cl. The van der Waals surface area contributed by atoms with Crippen LogP contribution in [0.15, 0.2) is 53.8 Å². The minimum Gasteiger partial charge on any atom is -0.481 e. The van der Waals surface area contributed by atoms with Gasteiger partial charge >= 0.3 is 0 Å². The Bertz CT molecular complexity index is 933. The highest BCUT2D eigenvalue weighted by Gasteiger charge is 2.14. The zero-order valence-corrected chi connectivity index (χ0v) is 14.7. The normalized spacial score (nSPS) is 12.4. The Labute approximate surface area is 150 Å². The minimum absolute atomic E-state index is 0.330. The van der Waals surface area contributed by atoms with Crippen molar-refractivity contribution >= 4 is 34.6 Å². The van der Waals surface area contributed by atoms with Crippen molar-refractivity contribution in [2.45, 2.75) is 20.0 Å².